The van der Waals surface area contributed by atoms with Gasteiger partial charge in [0.15, 0.2) is 5.78 Å². The molecule has 1 atom stereocenters. The molecule has 0 amide bonds. The van der Waals surface area contributed by atoms with E-state index >= 15 is 0 Å². The topological polar surface area (TPSA) is 29.5 Å². The van der Waals surface area contributed by atoms with E-state index in [1.54, 1.807) is 7.11 Å². The van der Waals surface area contributed by atoms with Crippen LogP contribution in [-0.4, -0.2) is 37.4 Å². The summed E-state index contributed by atoms with van der Waals surface area (Å²) in [4.78, 5) is 14.2. The van der Waals surface area contributed by atoms with Crippen LogP contribution in [-0.2, 0) is 0 Å². The highest BCUT2D eigenvalue weighted by molar-refractivity contribution is 5.97. The maximum absolute atomic E-state index is 12.1. The van der Waals surface area contributed by atoms with Gasteiger partial charge in [-0.3, -0.25) is 9.69 Å². The monoisotopic (exact) mass is 249 g/mol. The molecule has 0 aliphatic carbocycles. The number of rotatable bonds is 6. The summed E-state index contributed by atoms with van der Waals surface area (Å²) < 4.78 is 5.08. The Balaban J connectivity index is 2.64. The lowest BCUT2D eigenvalue weighted by Gasteiger charge is -2.27. The molecule has 0 aliphatic rings. The van der Waals surface area contributed by atoms with Crippen LogP contribution in [0.4, 0.5) is 0 Å². The number of carbonyl (C=O) groups excluding carboxylic acids is 1. The number of methoxy groups -OCH3 is 1. The number of hydrogen-bond donors (Lipinski definition) is 0. The molecule has 0 aliphatic heterocycles. The fourth-order valence-electron chi connectivity index (χ4n) is 1.75. The quantitative estimate of drug-likeness (QED) is 0.726. The van der Waals surface area contributed by atoms with Gasteiger partial charge in [-0.2, -0.15) is 0 Å². The summed E-state index contributed by atoms with van der Waals surface area (Å²) >= 11 is 0. The van der Waals surface area contributed by atoms with Crippen LogP contribution in [0.5, 0.6) is 5.75 Å². The number of Topliss-reactive ketones (excluding diaryl/α,β-unsaturated/α-hetero) is 1. The summed E-state index contributed by atoms with van der Waals surface area (Å²) in [6.07, 6.45) is 0. The first-order valence-electron chi connectivity index (χ1n) is 6.33. The Morgan fingerprint density at radius 1 is 1.22 bits per heavy atom. The second-order valence-corrected chi connectivity index (χ2v) is 5.05. The molecular formula is C15H23NO2. The lowest BCUT2D eigenvalue weighted by molar-refractivity contribution is 0.0907. The number of benzene rings is 1. The Morgan fingerprint density at radius 3 is 2.22 bits per heavy atom. The van der Waals surface area contributed by atoms with E-state index in [9.17, 15) is 4.79 Å². The van der Waals surface area contributed by atoms with Gasteiger partial charge in [-0.05, 0) is 44.2 Å². The summed E-state index contributed by atoms with van der Waals surface area (Å²) in [6, 6.07) is 7.66. The molecule has 100 valence electrons. The van der Waals surface area contributed by atoms with Crippen LogP contribution in [0.15, 0.2) is 24.3 Å². The zero-order valence-corrected chi connectivity index (χ0v) is 11.9. The summed E-state index contributed by atoms with van der Waals surface area (Å²) in [5, 5.41) is 0. The minimum absolute atomic E-state index is 0.146. The molecule has 3 nitrogen and oxygen atoms in total. The van der Waals surface area contributed by atoms with Crippen LogP contribution in [0.25, 0.3) is 0 Å². The van der Waals surface area contributed by atoms with Gasteiger partial charge in [0.25, 0.3) is 0 Å². The molecule has 0 heterocycles. The summed E-state index contributed by atoms with van der Waals surface area (Å²) in [7, 11) is 3.61. The highest BCUT2D eigenvalue weighted by Crippen LogP contribution is 2.13. The molecule has 0 radical (unpaired) electrons. The second-order valence-electron chi connectivity index (χ2n) is 5.05. The average Bonchev–Trinajstić information content (AvgIpc) is 2.37. The van der Waals surface area contributed by atoms with Crippen LogP contribution in [0.3, 0.4) is 0 Å². The first kappa shape index (κ1) is 14.7. The third kappa shape index (κ3) is 3.84. The van der Waals surface area contributed by atoms with Crippen LogP contribution in [0.2, 0.25) is 0 Å². The van der Waals surface area contributed by atoms with Crippen molar-refractivity contribution < 1.29 is 9.53 Å². The summed E-state index contributed by atoms with van der Waals surface area (Å²) in [5.41, 5.74) is 0.735. The van der Waals surface area contributed by atoms with Crippen molar-refractivity contribution >= 4 is 5.78 Å². The van der Waals surface area contributed by atoms with Crippen molar-refractivity contribution in [1.82, 2.24) is 4.90 Å². The molecule has 18 heavy (non-hydrogen) atoms. The van der Waals surface area contributed by atoms with E-state index in [4.69, 9.17) is 4.74 Å². The van der Waals surface area contributed by atoms with Crippen molar-refractivity contribution in [3.63, 3.8) is 0 Å². The van der Waals surface area contributed by atoms with E-state index in [0.29, 0.717) is 18.5 Å². The fourth-order valence-corrected chi connectivity index (χ4v) is 1.75. The average molecular weight is 249 g/mol. The Morgan fingerprint density at radius 2 is 1.78 bits per heavy atom. The molecular weight excluding hydrogens is 226 g/mol. The fraction of sp³-hybridized carbons (Fsp3) is 0.533. The smallest absolute Gasteiger partial charge is 0.176 e. The number of ether oxygens (including phenoxy) is 1. The van der Waals surface area contributed by atoms with Crippen molar-refractivity contribution in [2.45, 2.75) is 26.8 Å². The molecule has 1 aromatic rings. The minimum Gasteiger partial charge on any atom is -0.497 e. The Hall–Kier alpha value is -1.35. The van der Waals surface area contributed by atoms with E-state index in [2.05, 4.69) is 25.7 Å². The normalized spacial score (nSPS) is 12.8. The molecule has 1 aromatic carbocycles. The lowest BCUT2D eigenvalue weighted by atomic mass is 10.0. The molecule has 1 rings (SSSR count). The maximum atomic E-state index is 12.1. The largest absolute Gasteiger partial charge is 0.497 e. The van der Waals surface area contributed by atoms with E-state index in [-0.39, 0.29) is 5.78 Å². The first-order chi connectivity index (χ1) is 8.45. The SMILES string of the molecule is COc1ccc(C(=O)CN(C)C(C)C(C)C)cc1. The maximum Gasteiger partial charge on any atom is 0.176 e. The van der Waals surface area contributed by atoms with Gasteiger partial charge >= 0.3 is 0 Å². The third-order valence-electron chi connectivity index (χ3n) is 3.47. The highest BCUT2D eigenvalue weighted by atomic mass is 16.5. The van der Waals surface area contributed by atoms with Gasteiger partial charge in [0.05, 0.1) is 13.7 Å². The van der Waals surface area contributed by atoms with Crippen molar-refractivity contribution in [2.24, 2.45) is 5.92 Å². The van der Waals surface area contributed by atoms with E-state index < -0.39 is 0 Å². The summed E-state index contributed by atoms with van der Waals surface area (Å²) in [6.45, 7) is 6.93. The number of likely N-dealkylation sites (N-methyl/N-ethyl adjacent to an activating group) is 1. The zero-order chi connectivity index (χ0) is 13.7. The van der Waals surface area contributed by atoms with E-state index in [1.165, 1.54) is 0 Å². The predicted octanol–water partition coefficient (Wildman–Crippen LogP) is 2.85. The zero-order valence-electron chi connectivity index (χ0n) is 11.9. The molecule has 3 heteroatoms. The minimum atomic E-state index is 0.146. The van der Waals surface area contributed by atoms with Crippen molar-refractivity contribution in [3.8, 4) is 5.75 Å². The Kier molecular flexibility index (Phi) is 5.35. The molecule has 1 unspecified atom stereocenters. The molecule has 0 N–H and O–H groups in total. The predicted molar refractivity (Wildman–Crippen MR) is 74.3 cm³/mol. The first-order valence-corrected chi connectivity index (χ1v) is 6.33. The van der Waals surface area contributed by atoms with Crippen molar-refractivity contribution in [3.05, 3.63) is 29.8 Å². The second kappa shape index (κ2) is 6.55. The van der Waals surface area contributed by atoms with Gasteiger partial charge in [-0.1, -0.05) is 13.8 Å². The molecule has 0 spiro atoms. The standard InChI is InChI=1S/C15H23NO2/c1-11(2)12(3)16(4)10-15(17)13-6-8-14(18-5)9-7-13/h6-9,11-12H,10H2,1-5H3. The Bertz CT molecular complexity index is 384. The van der Waals surface area contributed by atoms with Gasteiger partial charge in [0.1, 0.15) is 5.75 Å². The molecule has 0 saturated carbocycles. The van der Waals surface area contributed by atoms with Crippen LogP contribution < -0.4 is 4.74 Å². The molecule has 0 saturated heterocycles. The third-order valence-corrected chi connectivity index (χ3v) is 3.47. The van der Waals surface area contributed by atoms with Crippen LogP contribution in [0, 0.1) is 5.92 Å². The molecule has 0 aromatic heterocycles. The van der Waals surface area contributed by atoms with Crippen molar-refractivity contribution in [2.75, 3.05) is 20.7 Å². The van der Waals surface area contributed by atoms with Gasteiger partial charge in [-0.25, -0.2) is 0 Å². The molecule has 0 bridgehead atoms. The molecule has 0 fully saturated rings. The van der Waals surface area contributed by atoms with Crippen LogP contribution in [0.1, 0.15) is 31.1 Å². The Labute approximate surface area is 110 Å². The van der Waals surface area contributed by atoms with Gasteiger partial charge < -0.3 is 4.74 Å². The summed E-state index contributed by atoms with van der Waals surface area (Å²) in [5.74, 6) is 1.46. The van der Waals surface area contributed by atoms with E-state index in [0.717, 1.165) is 11.3 Å². The van der Waals surface area contributed by atoms with Crippen molar-refractivity contribution in [1.29, 1.82) is 0 Å². The lowest BCUT2D eigenvalue weighted by Crippen LogP contribution is -2.37. The number of ketones is 1. The highest BCUT2D eigenvalue weighted by Gasteiger charge is 2.16. The number of nitrogens with zero attached hydrogens (tertiary/aromatic N) is 1. The van der Waals surface area contributed by atoms with Gasteiger partial charge in [0, 0.05) is 11.6 Å². The van der Waals surface area contributed by atoms with Gasteiger partial charge in [0.2, 0.25) is 0 Å². The number of carbonyl (C=O) groups is 1. The van der Waals surface area contributed by atoms with E-state index in [1.807, 2.05) is 31.3 Å². The van der Waals surface area contributed by atoms with Gasteiger partial charge in [-0.15, -0.1) is 0 Å². The number of hydrogen-bond acceptors (Lipinski definition) is 3. The van der Waals surface area contributed by atoms with Crippen LogP contribution >= 0.6 is 0 Å².